The molecular formula is C22H30N4S. The lowest BCUT2D eigenvalue weighted by atomic mass is 10.1. The molecule has 27 heavy (non-hydrogen) atoms. The Hall–Kier alpha value is -2.40. The number of benzene rings is 2. The standard InChI is InChI=1S/C22H30N4S/c1-6-12-26(7-2)20-10-8-19(9-11-20)15-23-25-22(27)24-21-17(4)13-16(3)14-18(21)5/h8-11,13-15H,6-7,12H2,1-5H3,(H2,24,25,27)/b23-15+. The van der Waals surface area contributed by atoms with Crippen molar-refractivity contribution >= 4 is 34.9 Å². The van der Waals surface area contributed by atoms with E-state index in [9.17, 15) is 0 Å². The Kier molecular flexibility index (Phi) is 7.80. The smallest absolute Gasteiger partial charge is 0.191 e. The monoisotopic (exact) mass is 382 g/mol. The van der Waals surface area contributed by atoms with Gasteiger partial charge in [0.2, 0.25) is 0 Å². The van der Waals surface area contributed by atoms with Crippen molar-refractivity contribution < 1.29 is 0 Å². The fourth-order valence-electron chi connectivity index (χ4n) is 3.20. The zero-order chi connectivity index (χ0) is 19.8. The summed E-state index contributed by atoms with van der Waals surface area (Å²) >= 11 is 5.36. The average Bonchev–Trinajstić information content (AvgIpc) is 2.63. The van der Waals surface area contributed by atoms with Crippen LogP contribution in [0.25, 0.3) is 0 Å². The molecule has 4 nitrogen and oxygen atoms in total. The van der Waals surface area contributed by atoms with E-state index in [-0.39, 0.29) is 0 Å². The number of thiocarbonyl (C=S) groups is 1. The van der Waals surface area contributed by atoms with Crippen molar-refractivity contribution in [1.29, 1.82) is 0 Å². The summed E-state index contributed by atoms with van der Waals surface area (Å²) in [7, 11) is 0. The maximum Gasteiger partial charge on any atom is 0.191 e. The van der Waals surface area contributed by atoms with Crippen molar-refractivity contribution in [3.05, 3.63) is 58.7 Å². The van der Waals surface area contributed by atoms with Crippen molar-refractivity contribution in [2.45, 2.75) is 41.0 Å². The van der Waals surface area contributed by atoms with Crippen molar-refractivity contribution in [3.63, 3.8) is 0 Å². The predicted molar refractivity (Wildman–Crippen MR) is 122 cm³/mol. The molecule has 2 rings (SSSR count). The van der Waals surface area contributed by atoms with Crippen LogP contribution in [0.2, 0.25) is 0 Å². The molecule has 0 bridgehead atoms. The normalized spacial score (nSPS) is 10.9. The molecule has 144 valence electrons. The third-order valence-electron chi connectivity index (χ3n) is 4.43. The van der Waals surface area contributed by atoms with Crippen LogP contribution in [0.4, 0.5) is 11.4 Å². The maximum absolute atomic E-state index is 5.36. The number of nitrogens with one attached hydrogen (secondary N) is 2. The number of anilines is 2. The second kappa shape index (κ2) is 10.1. The molecule has 5 heteroatoms. The Morgan fingerprint density at radius 1 is 1.07 bits per heavy atom. The highest BCUT2D eigenvalue weighted by Gasteiger charge is 2.05. The van der Waals surface area contributed by atoms with Gasteiger partial charge in [0.05, 0.1) is 6.21 Å². The molecular weight excluding hydrogens is 352 g/mol. The maximum atomic E-state index is 5.36. The van der Waals surface area contributed by atoms with E-state index < -0.39 is 0 Å². The van der Waals surface area contributed by atoms with Crippen LogP contribution in [0, 0.1) is 20.8 Å². The van der Waals surface area contributed by atoms with Gasteiger partial charge in [-0.25, -0.2) is 0 Å². The van der Waals surface area contributed by atoms with Gasteiger partial charge in [-0.2, -0.15) is 5.10 Å². The minimum atomic E-state index is 0.484. The Morgan fingerprint density at radius 2 is 1.70 bits per heavy atom. The molecule has 2 N–H and O–H groups in total. The summed E-state index contributed by atoms with van der Waals surface area (Å²) in [6.07, 6.45) is 2.92. The van der Waals surface area contributed by atoms with Crippen LogP contribution in [0.1, 0.15) is 42.5 Å². The van der Waals surface area contributed by atoms with Gasteiger partial charge in [0, 0.05) is 24.5 Å². The molecule has 0 saturated carbocycles. The Bertz CT molecular complexity index is 773. The zero-order valence-electron chi connectivity index (χ0n) is 17.0. The van der Waals surface area contributed by atoms with Crippen molar-refractivity contribution in [2.75, 3.05) is 23.3 Å². The van der Waals surface area contributed by atoms with Gasteiger partial charge in [-0.1, -0.05) is 36.8 Å². The second-order valence-corrected chi connectivity index (χ2v) is 7.18. The average molecular weight is 383 g/mol. The summed E-state index contributed by atoms with van der Waals surface area (Å²) in [5.41, 5.74) is 9.79. The van der Waals surface area contributed by atoms with E-state index in [2.05, 4.69) is 91.8 Å². The summed E-state index contributed by atoms with van der Waals surface area (Å²) in [4.78, 5) is 2.37. The molecule has 0 radical (unpaired) electrons. The van der Waals surface area contributed by atoms with Gasteiger partial charge < -0.3 is 10.2 Å². The van der Waals surface area contributed by atoms with E-state index in [1.807, 2.05) is 0 Å². The summed E-state index contributed by atoms with van der Waals surface area (Å²) in [6.45, 7) is 12.7. The Morgan fingerprint density at radius 3 is 2.26 bits per heavy atom. The number of hydrogen-bond acceptors (Lipinski definition) is 3. The number of rotatable bonds is 7. The minimum Gasteiger partial charge on any atom is -0.372 e. The molecule has 0 unspecified atom stereocenters. The molecule has 0 spiro atoms. The molecule has 0 aliphatic heterocycles. The summed E-state index contributed by atoms with van der Waals surface area (Å²) < 4.78 is 0. The largest absolute Gasteiger partial charge is 0.372 e. The van der Waals surface area contributed by atoms with E-state index in [0.717, 1.165) is 30.8 Å². The summed E-state index contributed by atoms with van der Waals surface area (Å²) in [6, 6.07) is 12.7. The number of hydrogen-bond donors (Lipinski definition) is 2. The van der Waals surface area contributed by atoms with Crippen LogP contribution in [0.15, 0.2) is 41.5 Å². The summed E-state index contributed by atoms with van der Waals surface area (Å²) in [5, 5.41) is 7.98. The first-order chi connectivity index (χ1) is 12.9. The third kappa shape index (κ3) is 6.07. The first-order valence-corrected chi connectivity index (χ1v) is 9.88. The third-order valence-corrected chi connectivity index (χ3v) is 4.62. The van der Waals surface area contributed by atoms with Crippen LogP contribution in [-0.4, -0.2) is 24.4 Å². The lowest BCUT2D eigenvalue weighted by Gasteiger charge is -2.22. The number of nitrogens with zero attached hydrogens (tertiary/aromatic N) is 2. The molecule has 0 saturated heterocycles. The highest BCUT2D eigenvalue weighted by atomic mass is 32.1. The minimum absolute atomic E-state index is 0.484. The van der Waals surface area contributed by atoms with Gasteiger partial charge >= 0.3 is 0 Å². The zero-order valence-corrected chi connectivity index (χ0v) is 17.8. The molecule has 2 aromatic rings. The lowest BCUT2D eigenvalue weighted by Crippen LogP contribution is -2.24. The van der Waals surface area contributed by atoms with E-state index in [0.29, 0.717) is 5.11 Å². The molecule has 0 aliphatic rings. The summed E-state index contributed by atoms with van der Waals surface area (Å²) in [5.74, 6) is 0. The molecule has 0 aromatic heterocycles. The molecule has 0 atom stereocenters. The predicted octanol–water partition coefficient (Wildman–Crippen LogP) is 5.17. The van der Waals surface area contributed by atoms with Gasteiger partial charge in [-0.15, -0.1) is 0 Å². The molecule has 0 aliphatic carbocycles. The SMILES string of the molecule is CCCN(CC)c1ccc(/C=N/NC(=S)Nc2c(C)cc(C)cc2C)cc1. The van der Waals surface area contributed by atoms with Crippen LogP contribution in [-0.2, 0) is 0 Å². The van der Waals surface area contributed by atoms with Gasteiger partial charge in [0.25, 0.3) is 0 Å². The second-order valence-electron chi connectivity index (χ2n) is 6.77. The van der Waals surface area contributed by atoms with Gasteiger partial charge in [0.1, 0.15) is 0 Å². The molecule has 0 heterocycles. The first kappa shape index (κ1) is 20.9. The van der Waals surface area contributed by atoms with E-state index >= 15 is 0 Å². The van der Waals surface area contributed by atoms with Gasteiger partial charge in [0.15, 0.2) is 5.11 Å². The van der Waals surface area contributed by atoms with Crippen LogP contribution >= 0.6 is 12.2 Å². The Labute approximate surface area is 168 Å². The fraction of sp³-hybridized carbons (Fsp3) is 0.364. The van der Waals surface area contributed by atoms with Crippen LogP contribution in [0.3, 0.4) is 0 Å². The highest BCUT2D eigenvalue weighted by Crippen LogP contribution is 2.21. The van der Waals surface area contributed by atoms with Gasteiger partial charge in [-0.05, 0) is 75.2 Å². The quantitative estimate of drug-likeness (QED) is 0.394. The van der Waals surface area contributed by atoms with Crippen molar-refractivity contribution in [3.8, 4) is 0 Å². The Balaban J connectivity index is 1.94. The molecule has 0 amide bonds. The topological polar surface area (TPSA) is 39.7 Å². The van der Waals surface area contributed by atoms with E-state index in [1.165, 1.54) is 22.4 Å². The highest BCUT2D eigenvalue weighted by molar-refractivity contribution is 7.80. The molecule has 2 aromatic carbocycles. The van der Waals surface area contributed by atoms with Crippen molar-refractivity contribution in [2.24, 2.45) is 5.10 Å². The fourth-order valence-corrected chi connectivity index (χ4v) is 3.35. The van der Waals surface area contributed by atoms with Crippen molar-refractivity contribution in [1.82, 2.24) is 5.43 Å². The first-order valence-electron chi connectivity index (χ1n) is 9.47. The number of aryl methyl sites for hydroxylation is 3. The van der Waals surface area contributed by atoms with Gasteiger partial charge in [-0.3, -0.25) is 5.43 Å². The van der Waals surface area contributed by atoms with E-state index in [1.54, 1.807) is 6.21 Å². The van der Waals surface area contributed by atoms with Crippen LogP contribution in [0.5, 0.6) is 0 Å². The van der Waals surface area contributed by atoms with E-state index in [4.69, 9.17) is 12.2 Å². The molecule has 0 fully saturated rings. The lowest BCUT2D eigenvalue weighted by molar-refractivity contribution is 0.792. The number of hydrazone groups is 1. The van der Waals surface area contributed by atoms with Crippen LogP contribution < -0.4 is 15.6 Å².